The van der Waals surface area contributed by atoms with Gasteiger partial charge in [-0.3, -0.25) is 5.10 Å². The van der Waals surface area contributed by atoms with Gasteiger partial charge in [-0.2, -0.15) is 18.3 Å². The molecular weight excluding hydrogens is 209 g/mol. The summed E-state index contributed by atoms with van der Waals surface area (Å²) in [5.74, 6) is 0.146. The average Bonchev–Trinajstić information content (AvgIpc) is 2.45. The zero-order valence-electron chi connectivity index (χ0n) is 8.47. The van der Waals surface area contributed by atoms with Gasteiger partial charge >= 0.3 is 6.18 Å². The Morgan fingerprint density at radius 3 is 2.47 bits per heavy atom. The molecule has 0 spiro atoms. The van der Waals surface area contributed by atoms with Crippen molar-refractivity contribution in [3.63, 3.8) is 0 Å². The number of nitrogens with one attached hydrogen (secondary N) is 1. The van der Waals surface area contributed by atoms with Gasteiger partial charge in [0.25, 0.3) is 0 Å². The maximum Gasteiger partial charge on any atom is 0.405 e. The van der Waals surface area contributed by atoms with E-state index >= 15 is 0 Å². The summed E-state index contributed by atoms with van der Waals surface area (Å²) in [6.45, 7) is 2.30. The molecule has 0 aliphatic rings. The molecule has 86 valence electrons. The van der Waals surface area contributed by atoms with Crippen molar-refractivity contribution in [1.82, 2.24) is 10.2 Å². The fraction of sp³-hybridized carbons (Fsp3) is 0.625. The van der Waals surface area contributed by atoms with Gasteiger partial charge in [0.05, 0.1) is 11.9 Å². The first-order valence-electron chi connectivity index (χ1n) is 4.43. The van der Waals surface area contributed by atoms with E-state index in [1.165, 1.54) is 6.20 Å². The highest BCUT2D eigenvalue weighted by molar-refractivity contribution is 5.62. The Morgan fingerprint density at radius 2 is 2.13 bits per heavy atom. The number of nitrogen functional groups attached to an aromatic ring is 1. The summed E-state index contributed by atoms with van der Waals surface area (Å²) in [4.78, 5) is 1.15. The van der Waals surface area contributed by atoms with E-state index in [2.05, 4.69) is 10.2 Å². The number of hydrogen-bond donors (Lipinski definition) is 2. The topological polar surface area (TPSA) is 57.9 Å². The average molecular weight is 222 g/mol. The van der Waals surface area contributed by atoms with Crippen molar-refractivity contribution in [2.24, 2.45) is 0 Å². The predicted molar refractivity (Wildman–Crippen MR) is 51.5 cm³/mol. The number of nitrogens with zero attached hydrogens (tertiary/aromatic N) is 2. The van der Waals surface area contributed by atoms with Crippen molar-refractivity contribution in [2.75, 3.05) is 17.2 Å². The summed E-state index contributed by atoms with van der Waals surface area (Å²) in [6.07, 6.45) is -2.96. The van der Waals surface area contributed by atoms with Crippen molar-refractivity contribution in [1.29, 1.82) is 0 Å². The highest BCUT2D eigenvalue weighted by Gasteiger charge is 2.33. The van der Waals surface area contributed by atoms with E-state index in [9.17, 15) is 13.2 Å². The maximum atomic E-state index is 12.3. The molecule has 0 bridgehead atoms. The molecule has 0 atom stereocenters. The Bertz CT molecular complexity index is 318. The van der Waals surface area contributed by atoms with Crippen LogP contribution in [0.4, 0.5) is 24.7 Å². The number of alkyl halides is 3. The second-order valence-electron chi connectivity index (χ2n) is 3.51. The predicted octanol–water partition coefficient (Wildman–Crippen LogP) is 1.77. The van der Waals surface area contributed by atoms with E-state index in [-0.39, 0.29) is 17.5 Å². The summed E-state index contributed by atoms with van der Waals surface area (Å²) in [7, 11) is 0. The lowest BCUT2D eigenvalue weighted by molar-refractivity contribution is -0.120. The minimum absolute atomic E-state index is 0.146. The molecular formula is C8H13F3N4. The van der Waals surface area contributed by atoms with Crippen molar-refractivity contribution in [2.45, 2.75) is 26.1 Å². The molecule has 1 heterocycles. The number of aromatic amines is 1. The Balaban J connectivity index is 2.89. The van der Waals surface area contributed by atoms with Crippen LogP contribution in [0.3, 0.4) is 0 Å². The van der Waals surface area contributed by atoms with Crippen LogP contribution in [0.2, 0.25) is 0 Å². The van der Waals surface area contributed by atoms with E-state index in [1.54, 1.807) is 13.8 Å². The van der Waals surface area contributed by atoms with E-state index < -0.39 is 12.7 Å². The zero-order chi connectivity index (χ0) is 11.6. The molecule has 0 saturated heterocycles. The molecule has 0 fully saturated rings. The molecule has 0 aromatic carbocycles. The van der Waals surface area contributed by atoms with Crippen molar-refractivity contribution < 1.29 is 13.2 Å². The lowest BCUT2D eigenvalue weighted by Gasteiger charge is -2.28. The van der Waals surface area contributed by atoms with Crippen LogP contribution in [0.1, 0.15) is 13.8 Å². The molecule has 0 radical (unpaired) electrons. The molecule has 0 aliphatic heterocycles. The van der Waals surface area contributed by atoms with Gasteiger partial charge in [0.2, 0.25) is 0 Å². The Morgan fingerprint density at radius 1 is 1.53 bits per heavy atom. The van der Waals surface area contributed by atoms with Gasteiger partial charge < -0.3 is 10.6 Å². The van der Waals surface area contributed by atoms with Crippen molar-refractivity contribution in [3.05, 3.63) is 6.20 Å². The quantitative estimate of drug-likeness (QED) is 0.819. The second kappa shape index (κ2) is 4.00. The van der Waals surface area contributed by atoms with Crippen LogP contribution in [-0.2, 0) is 0 Å². The Hall–Kier alpha value is -1.40. The molecule has 0 aliphatic carbocycles. The van der Waals surface area contributed by atoms with Gasteiger partial charge in [-0.25, -0.2) is 0 Å². The van der Waals surface area contributed by atoms with E-state index in [4.69, 9.17) is 5.73 Å². The van der Waals surface area contributed by atoms with Crippen molar-refractivity contribution >= 4 is 11.5 Å². The number of nitrogens with two attached hydrogens (primary N) is 1. The van der Waals surface area contributed by atoms with E-state index in [0.717, 1.165) is 4.90 Å². The lowest BCUT2D eigenvalue weighted by atomic mass is 10.3. The first-order valence-corrected chi connectivity index (χ1v) is 4.43. The number of rotatable bonds is 3. The van der Waals surface area contributed by atoms with E-state index in [1.807, 2.05) is 0 Å². The third-order valence-electron chi connectivity index (χ3n) is 1.93. The number of anilines is 2. The fourth-order valence-corrected chi connectivity index (χ4v) is 1.26. The Kier molecular flexibility index (Phi) is 3.11. The third-order valence-corrected chi connectivity index (χ3v) is 1.93. The standard InChI is InChI=1S/C8H13F3N4/c1-5(2)15(4-8(9,10)11)6-3-13-14-7(6)12/h3,5H,4H2,1-2H3,(H3,12,13,14). The van der Waals surface area contributed by atoms with Crippen LogP contribution in [0, 0.1) is 0 Å². The van der Waals surface area contributed by atoms with E-state index in [0.29, 0.717) is 0 Å². The zero-order valence-corrected chi connectivity index (χ0v) is 8.47. The molecule has 3 N–H and O–H groups in total. The fourth-order valence-electron chi connectivity index (χ4n) is 1.26. The summed E-state index contributed by atoms with van der Waals surface area (Å²) < 4.78 is 36.8. The first-order chi connectivity index (χ1) is 6.81. The van der Waals surface area contributed by atoms with Gasteiger partial charge in [-0.05, 0) is 13.8 Å². The molecule has 7 heteroatoms. The second-order valence-corrected chi connectivity index (χ2v) is 3.51. The van der Waals surface area contributed by atoms with Crippen LogP contribution in [0.5, 0.6) is 0 Å². The van der Waals surface area contributed by atoms with Gasteiger partial charge in [0.15, 0.2) is 0 Å². The number of H-pyrrole nitrogens is 1. The maximum absolute atomic E-state index is 12.3. The molecule has 0 saturated carbocycles. The number of aromatic nitrogens is 2. The highest BCUT2D eigenvalue weighted by atomic mass is 19.4. The smallest absolute Gasteiger partial charge is 0.382 e. The van der Waals surface area contributed by atoms with Gasteiger partial charge in [0, 0.05) is 6.04 Å². The largest absolute Gasteiger partial charge is 0.405 e. The van der Waals surface area contributed by atoms with Gasteiger partial charge in [-0.15, -0.1) is 0 Å². The van der Waals surface area contributed by atoms with Gasteiger partial charge in [0.1, 0.15) is 12.4 Å². The van der Waals surface area contributed by atoms with Crippen LogP contribution in [0.25, 0.3) is 0 Å². The molecule has 15 heavy (non-hydrogen) atoms. The normalized spacial score (nSPS) is 12.1. The first kappa shape index (κ1) is 11.7. The number of hydrogen-bond acceptors (Lipinski definition) is 3. The Labute approximate surface area is 85.2 Å². The molecule has 4 nitrogen and oxygen atoms in total. The molecule has 0 amide bonds. The van der Waals surface area contributed by atoms with Crippen LogP contribution < -0.4 is 10.6 Å². The van der Waals surface area contributed by atoms with Crippen molar-refractivity contribution in [3.8, 4) is 0 Å². The summed E-state index contributed by atoms with van der Waals surface area (Å²) in [6, 6.07) is -0.300. The molecule has 1 rings (SSSR count). The van der Waals surface area contributed by atoms with Crippen LogP contribution in [0.15, 0.2) is 6.20 Å². The van der Waals surface area contributed by atoms with Crippen LogP contribution >= 0.6 is 0 Å². The summed E-state index contributed by atoms with van der Waals surface area (Å²) in [5.41, 5.74) is 5.75. The highest BCUT2D eigenvalue weighted by Crippen LogP contribution is 2.26. The minimum Gasteiger partial charge on any atom is -0.382 e. The SMILES string of the molecule is CC(C)N(CC(F)(F)F)c1cn[nH]c1N. The lowest BCUT2D eigenvalue weighted by Crippen LogP contribution is -2.39. The summed E-state index contributed by atoms with van der Waals surface area (Å²) in [5, 5.41) is 6.00. The molecule has 1 aromatic heterocycles. The molecule has 0 unspecified atom stereocenters. The number of halogens is 3. The molecule has 1 aromatic rings. The third kappa shape index (κ3) is 3.03. The van der Waals surface area contributed by atoms with Crippen LogP contribution in [-0.4, -0.2) is 29.0 Å². The monoisotopic (exact) mass is 222 g/mol. The van der Waals surface area contributed by atoms with Gasteiger partial charge in [-0.1, -0.05) is 0 Å². The minimum atomic E-state index is -4.26. The summed E-state index contributed by atoms with van der Waals surface area (Å²) >= 11 is 0.